The zero-order valence-electron chi connectivity index (χ0n) is 13.2. The van der Waals surface area contributed by atoms with E-state index in [9.17, 15) is 17.6 Å². The molecule has 1 aliphatic heterocycles. The quantitative estimate of drug-likeness (QED) is 0.919. The van der Waals surface area contributed by atoms with E-state index in [0.717, 1.165) is 12.5 Å². The van der Waals surface area contributed by atoms with Gasteiger partial charge in [0.2, 0.25) is 0 Å². The first-order valence-corrected chi connectivity index (χ1v) is 9.17. The standard InChI is InChI=1S/C16H18FN3O3S/c1-2-19-7-4-8-20-11-14(10-15(20)16(19)21)24(22,23)18-13-6-3-5-12(17)9-13/h3,5-6,9-11,18H,2,4,7-8H2,1H3. The van der Waals surface area contributed by atoms with Gasteiger partial charge in [0.05, 0.1) is 5.69 Å². The van der Waals surface area contributed by atoms with Gasteiger partial charge in [-0.2, -0.15) is 0 Å². The number of benzene rings is 1. The average Bonchev–Trinajstić information content (AvgIpc) is 2.90. The number of nitrogens with zero attached hydrogens (tertiary/aromatic N) is 2. The van der Waals surface area contributed by atoms with Crippen LogP contribution in [0, 0.1) is 5.82 Å². The molecule has 0 spiro atoms. The van der Waals surface area contributed by atoms with Crippen LogP contribution in [-0.4, -0.2) is 36.9 Å². The third-order valence-corrected chi connectivity index (χ3v) is 5.32. The molecule has 3 rings (SSSR count). The lowest BCUT2D eigenvalue weighted by molar-refractivity contribution is 0.0766. The molecule has 0 aliphatic carbocycles. The van der Waals surface area contributed by atoms with Gasteiger partial charge in [0.15, 0.2) is 0 Å². The fraction of sp³-hybridized carbons (Fsp3) is 0.312. The van der Waals surface area contributed by atoms with Crippen molar-refractivity contribution in [3.63, 3.8) is 0 Å². The maximum Gasteiger partial charge on any atom is 0.270 e. The highest BCUT2D eigenvalue weighted by Gasteiger charge is 2.26. The monoisotopic (exact) mass is 351 g/mol. The van der Waals surface area contributed by atoms with Gasteiger partial charge in [-0.15, -0.1) is 0 Å². The van der Waals surface area contributed by atoms with Crippen LogP contribution in [0.3, 0.4) is 0 Å². The SMILES string of the molecule is CCN1CCCn2cc(S(=O)(=O)Nc3cccc(F)c3)cc2C1=O. The molecule has 128 valence electrons. The molecular formula is C16H18FN3O3S. The smallest absolute Gasteiger partial charge is 0.270 e. The first-order chi connectivity index (χ1) is 11.4. The van der Waals surface area contributed by atoms with Gasteiger partial charge in [-0.05, 0) is 37.6 Å². The minimum Gasteiger partial charge on any atom is -0.342 e. The number of aryl methyl sites for hydroxylation is 1. The molecule has 2 aromatic rings. The predicted octanol–water partition coefficient (Wildman–Crippen LogP) is 2.29. The molecule has 1 amide bonds. The first-order valence-electron chi connectivity index (χ1n) is 7.68. The Morgan fingerprint density at radius 1 is 1.25 bits per heavy atom. The van der Waals surface area contributed by atoms with Crippen molar-refractivity contribution in [3.05, 3.63) is 48.0 Å². The predicted molar refractivity (Wildman–Crippen MR) is 87.8 cm³/mol. The minimum atomic E-state index is -3.89. The Kier molecular flexibility index (Phi) is 4.31. The van der Waals surface area contributed by atoms with Crippen molar-refractivity contribution in [2.75, 3.05) is 17.8 Å². The largest absolute Gasteiger partial charge is 0.342 e. The summed E-state index contributed by atoms with van der Waals surface area (Å²) in [6.07, 6.45) is 2.21. The van der Waals surface area contributed by atoms with E-state index < -0.39 is 15.8 Å². The zero-order chi connectivity index (χ0) is 17.3. The molecule has 8 heteroatoms. The number of fused-ring (bicyclic) bond motifs is 1. The first kappa shape index (κ1) is 16.5. The second-order valence-electron chi connectivity index (χ2n) is 5.61. The van der Waals surface area contributed by atoms with E-state index in [2.05, 4.69) is 4.72 Å². The van der Waals surface area contributed by atoms with E-state index in [1.165, 1.54) is 30.5 Å². The molecule has 0 atom stereocenters. The minimum absolute atomic E-state index is 0.00642. The van der Waals surface area contributed by atoms with Gasteiger partial charge in [0, 0.05) is 25.8 Å². The van der Waals surface area contributed by atoms with Crippen molar-refractivity contribution in [3.8, 4) is 0 Å². The molecule has 2 heterocycles. The van der Waals surface area contributed by atoms with E-state index in [4.69, 9.17) is 0 Å². The van der Waals surface area contributed by atoms with Crippen LogP contribution in [0.5, 0.6) is 0 Å². The summed E-state index contributed by atoms with van der Waals surface area (Å²) in [6, 6.07) is 6.59. The summed E-state index contributed by atoms with van der Waals surface area (Å²) in [5.74, 6) is -0.709. The second-order valence-corrected chi connectivity index (χ2v) is 7.29. The van der Waals surface area contributed by atoms with Crippen LogP contribution >= 0.6 is 0 Å². The van der Waals surface area contributed by atoms with Crippen LogP contribution in [0.1, 0.15) is 23.8 Å². The third kappa shape index (κ3) is 3.14. The number of hydrogen-bond donors (Lipinski definition) is 1. The molecule has 1 aromatic carbocycles. The topological polar surface area (TPSA) is 71.4 Å². The summed E-state index contributed by atoms with van der Waals surface area (Å²) in [5.41, 5.74) is 0.492. The van der Waals surface area contributed by atoms with Crippen molar-refractivity contribution in [2.45, 2.75) is 24.8 Å². The normalized spacial score (nSPS) is 15.1. The number of sulfonamides is 1. The fourth-order valence-corrected chi connectivity index (χ4v) is 3.85. The Morgan fingerprint density at radius 3 is 2.75 bits per heavy atom. The van der Waals surface area contributed by atoms with Crippen LogP contribution < -0.4 is 4.72 Å². The Bertz CT molecular complexity index is 876. The molecule has 1 aromatic heterocycles. The van der Waals surface area contributed by atoms with Crippen molar-refractivity contribution in [1.82, 2.24) is 9.47 Å². The van der Waals surface area contributed by atoms with Gasteiger partial charge in [0.25, 0.3) is 15.9 Å². The van der Waals surface area contributed by atoms with Crippen molar-refractivity contribution in [2.24, 2.45) is 0 Å². The van der Waals surface area contributed by atoms with Gasteiger partial charge in [0.1, 0.15) is 16.4 Å². The number of aromatic nitrogens is 1. The van der Waals surface area contributed by atoms with Crippen LogP contribution in [0.15, 0.2) is 41.4 Å². The van der Waals surface area contributed by atoms with E-state index in [0.29, 0.717) is 25.3 Å². The summed E-state index contributed by atoms with van der Waals surface area (Å²) in [5, 5.41) is 0. The number of amides is 1. The number of carbonyl (C=O) groups excluding carboxylic acids is 1. The van der Waals surface area contributed by atoms with E-state index in [1.54, 1.807) is 9.47 Å². The highest BCUT2D eigenvalue weighted by molar-refractivity contribution is 7.92. The maximum atomic E-state index is 13.2. The molecule has 0 radical (unpaired) electrons. The third-order valence-electron chi connectivity index (χ3n) is 3.97. The Hall–Kier alpha value is -2.35. The zero-order valence-corrected chi connectivity index (χ0v) is 14.0. The molecule has 1 N–H and O–H groups in total. The van der Waals surface area contributed by atoms with Crippen LogP contribution in [-0.2, 0) is 16.6 Å². The number of hydrogen-bond acceptors (Lipinski definition) is 3. The number of carbonyl (C=O) groups is 1. The molecule has 0 bridgehead atoms. The maximum absolute atomic E-state index is 13.2. The molecule has 1 aliphatic rings. The van der Waals surface area contributed by atoms with Gasteiger partial charge in [-0.3, -0.25) is 9.52 Å². The van der Waals surface area contributed by atoms with Gasteiger partial charge >= 0.3 is 0 Å². The molecule has 6 nitrogen and oxygen atoms in total. The molecule has 0 saturated heterocycles. The molecule has 24 heavy (non-hydrogen) atoms. The highest BCUT2D eigenvalue weighted by Crippen LogP contribution is 2.22. The van der Waals surface area contributed by atoms with E-state index in [-0.39, 0.29) is 16.5 Å². The summed E-state index contributed by atoms with van der Waals surface area (Å²) >= 11 is 0. The summed E-state index contributed by atoms with van der Waals surface area (Å²) in [6.45, 7) is 3.70. The lowest BCUT2D eigenvalue weighted by atomic mass is 10.3. The molecule has 0 unspecified atom stereocenters. The van der Waals surface area contributed by atoms with Gasteiger partial charge < -0.3 is 9.47 Å². The fourth-order valence-electron chi connectivity index (χ4n) is 2.76. The summed E-state index contributed by atoms with van der Waals surface area (Å²) < 4.78 is 42.2. The van der Waals surface area contributed by atoms with E-state index in [1.807, 2.05) is 6.92 Å². The highest BCUT2D eigenvalue weighted by atomic mass is 32.2. The number of halogens is 1. The molecule has 0 saturated carbocycles. The lowest BCUT2D eigenvalue weighted by Crippen LogP contribution is -2.30. The number of rotatable bonds is 4. The summed E-state index contributed by atoms with van der Waals surface area (Å²) in [4.78, 5) is 14.1. The Labute approximate surface area is 139 Å². The number of anilines is 1. The Morgan fingerprint density at radius 2 is 2.04 bits per heavy atom. The van der Waals surface area contributed by atoms with Crippen molar-refractivity contribution in [1.29, 1.82) is 0 Å². The number of nitrogens with one attached hydrogen (secondary N) is 1. The van der Waals surface area contributed by atoms with Crippen LogP contribution in [0.25, 0.3) is 0 Å². The van der Waals surface area contributed by atoms with E-state index >= 15 is 0 Å². The Balaban J connectivity index is 1.93. The van der Waals surface area contributed by atoms with Crippen molar-refractivity contribution >= 4 is 21.6 Å². The van der Waals surface area contributed by atoms with Crippen molar-refractivity contribution < 1.29 is 17.6 Å². The van der Waals surface area contributed by atoms with Crippen LogP contribution in [0.4, 0.5) is 10.1 Å². The summed E-state index contributed by atoms with van der Waals surface area (Å²) in [7, 11) is -3.89. The molecular weight excluding hydrogens is 333 g/mol. The lowest BCUT2D eigenvalue weighted by Gasteiger charge is -2.17. The second kappa shape index (κ2) is 6.27. The average molecular weight is 351 g/mol. The molecule has 0 fully saturated rings. The van der Waals surface area contributed by atoms with Gasteiger partial charge in [-0.25, -0.2) is 12.8 Å². The van der Waals surface area contributed by atoms with Gasteiger partial charge in [-0.1, -0.05) is 6.07 Å². The van der Waals surface area contributed by atoms with Crippen LogP contribution in [0.2, 0.25) is 0 Å².